The van der Waals surface area contributed by atoms with Crippen molar-refractivity contribution in [3.63, 3.8) is 0 Å². The minimum atomic E-state index is -0.487. The molecule has 1 amide bonds. The minimum absolute atomic E-state index is 0.158. The van der Waals surface area contributed by atoms with E-state index >= 15 is 0 Å². The van der Waals surface area contributed by atoms with Crippen LogP contribution in [0, 0.1) is 6.92 Å². The van der Waals surface area contributed by atoms with Crippen LogP contribution in [0.2, 0.25) is 0 Å². The fourth-order valence-electron chi connectivity index (χ4n) is 3.03. The monoisotopic (exact) mass is 414 g/mol. The number of rotatable bonds is 8. The number of ether oxygens (including phenoxy) is 2. The smallest absolute Gasteiger partial charge is 0.302 e. The van der Waals surface area contributed by atoms with Crippen molar-refractivity contribution in [2.24, 2.45) is 0 Å². The minimum Gasteiger partial charge on any atom is -0.493 e. The van der Waals surface area contributed by atoms with Crippen molar-refractivity contribution < 1.29 is 23.9 Å². The number of hydrogen-bond acceptors (Lipinski definition) is 7. The van der Waals surface area contributed by atoms with Gasteiger partial charge in [0.25, 0.3) is 5.24 Å². The fourth-order valence-corrected chi connectivity index (χ4v) is 3.70. The van der Waals surface area contributed by atoms with Crippen molar-refractivity contribution in [2.75, 3.05) is 13.2 Å². The van der Waals surface area contributed by atoms with Gasteiger partial charge in [0.2, 0.25) is 5.12 Å². The predicted molar refractivity (Wildman–Crippen MR) is 109 cm³/mol. The summed E-state index contributed by atoms with van der Waals surface area (Å²) in [6.07, 6.45) is 2.15. The van der Waals surface area contributed by atoms with Gasteiger partial charge in [-0.15, -0.1) is 0 Å². The summed E-state index contributed by atoms with van der Waals surface area (Å²) >= 11 is 0.712. The highest BCUT2D eigenvalue weighted by atomic mass is 32.2. The van der Waals surface area contributed by atoms with E-state index in [9.17, 15) is 14.4 Å². The van der Waals surface area contributed by atoms with E-state index in [1.165, 1.54) is 6.92 Å². The molecule has 2 heterocycles. The molecule has 1 aliphatic rings. The van der Waals surface area contributed by atoms with Crippen LogP contribution in [-0.2, 0) is 20.7 Å². The molecule has 1 saturated heterocycles. The summed E-state index contributed by atoms with van der Waals surface area (Å²) in [5.41, 5.74) is 2.76. The van der Waals surface area contributed by atoms with E-state index in [0.29, 0.717) is 30.5 Å². The first-order valence-corrected chi connectivity index (χ1v) is 10.0. The summed E-state index contributed by atoms with van der Waals surface area (Å²) < 4.78 is 11.1. The second-order valence-electron chi connectivity index (χ2n) is 6.77. The Labute approximate surface area is 173 Å². The molecule has 0 radical (unpaired) electrons. The van der Waals surface area contributed by atoms with Crippen LogP contribution in [0.4, 0.5) is 4.79 Å². The molecule has 1 aromatic heterocycles. The molecular formula is C21H22N2O5S. The number of esters is 1. The van der Waals surface area contributed by atoms with Crippen molar-refractivity contribution >= 4 is 28.1 Å². The molecular weight excluding hydrogens is 392 g/mol. The van der Waals surface area contributed by atoms with Gasteiger partial charge in [-0.1, -0.05) is 18.2 Å². The third-order valence-electron chi connectivity index (χ3n) is 4.51. The van der Waals surface area contributed by atoms with Crippen LogP contribution in [0.5, 0.6) is 5.75 Å². The van der Waals surface area contributed by atoms with Crippen LogP contribution in [0.15, 0.2) is 42.6 Å². The van der Waals surface area contributed by atoms with Crippen LogP contribution in [-0.4, -0.2) is 40.6 Å². The SMILES string of the molecule is CC(=O)OCC(COc1ccc(CC2NC(=O)SC2=O)cc1)c1ncccc1C. The van der Waals surface area contributed by atoms with E-state index in [-0.39, 0.29) is 28.8 Å². The van der Waals surface area contributed by atoms with Crippen LogP contribution in [0.25, 0.3) is 0 Å². The number of aryl methyl sites for hydroxylation is 1. The van der Waals surface area contributed by atoms with Gasteiger partial charge in [-0.3, -0.25) is 19.4 Å². The number of nitrogens with zero attached hydrogens (tertiary/aromatic N) is 1. The Balaban J connectivity index is 1.61. The van der Waals surface area contributed by atoms with Gasteiger partial charge in [-0.2, -0.15) is 0 Å². The Morgan fingerprint density at radius 2 is 1.97 bits per heavy atom. The van der Waals surface area contributed by atoms with Gasteiger partial charge in [0.05, 0.1) is 18.2 Å². The maximum atomic E-state index is 11.7. The molecule has 152 valence electrons. The van der Waals surface area contributed by atoms with Gasteiger partial charge in [-0.05, 0) is 36.2 Å². The molecule has 8 heteroatoms. The lowest BCUT2D eigenvalue weighted by atomic mass is 10.0. The number of pyridine rings is 1. The number of nitrogens with one attached hydrogen (secondary N) is 1. The van der Waals surface area contributed by atoms with Crippen molar-refractivity contribution in [3.8, 4) is 5.75 Å². The van der Waals surface area contributed by atoms with Gasteiger partial charge in [-0.25, -0.2) is 0 Å². The Kier molecular flexibility index (Phi) is 6.87. The lowest BCUT2D eigenvalue weighted by Gasteiger charge is -2.19. The number of thioether (sulfide) groups is 1. The van der Waals surface area contributed by atoms with Crippen molar-refractivity contribution in [1.29, 1.82) is 0 Å². The largest absolute Gasteiger partial charge is 0.493 e. The predicted octanol–water partition coefficient (Wildman–Crippen LogP) is 3.01. The van der Waals surface area contributed by atoms with E-state index in [1.54, 1.807) is 6.20 Å². The third-order valence-corrected chi connectivity index (χ3v) is 5.30. The molecule has 1 aromatic carbocycles. The van der Waals surface area contributed by atoms with E-state index < -0.39 is 6.04 Å². The summed E-state index contributed by atoms with van der Waals surface area (Å²) in [6.45, 7) is 3.82. The topological polar surface area (TPSA) is 94.6 Å². The lowest BCUT2D eigenvalue weighted by molar-refractivity contribution is -0.141. The Morgan fingerprint density at radius 3 is 2.59 bits per heavy atom. The number of carbonyl (C=O) groups excluding carboxylic acids is 3. The number of benzene rings is 1. The average Bonchev–Trinajstić information content (AvgIpc) is 3.00. The van der Waals surface area contributed by atoms with Gasteiger partial charge in [0.1, 0.15) is 18.4 Å². The zero-order valence-electron chi connectivity index (χ0n) is 16.2. The van der Waals surface area contributed by atoms with Crippen LogP contribution in [0.1, 0.15) is 29.7 Å². The maximum absolute atomic E-state index is 11.7. The molecule has 7 nitrogen and oxygen atoms in total. The molecule has 2 aromatic rings. The zero-order valence-corrected chi connectivity index (χ0v) is 17.0. The zero-order chi connectivity index (χ0) is 20.8. The van der Waals surface area contributed by atoms with Crippen LogP contribution in [0.3, 0.4) is 0 Å². The molecule has 1 N–H and O–H groups in total. The number of amides is 1. The first kappa shape index (κ1) is 20.9. The van der Waals surface area contributed by atoms with Crippen molar-refractivity contribution in [1.82, 2.24) is 10.3 Å². The van der Waals surface area contributed by atoms with E-state index in [1.807, 2.05) is 43.3 Å². The molecule has 2 unspecified atom stereocenters. The standard InChI is InChI=1S/C21H22N2O5S/c1-13-4-3-9-22-19(13)16(11-27-14(2)24)12-28-17-7-5-15(6-8-17)10-18-20(25)29-21(26)23-18/h3-9,16,18H,10-12H2,1-2H3,(H,23,26). The maximum Gasteiger partial charge on any atom is 0.302 e. The normalized spacial score (nSPS) is 17.0. The quantitative estimate of drug-likeness (QED) is 0.664. The molecule has 1 aliphatic heterocycles. The van der Waals surface area contributed by atoms with Gasteiger partial charge in [0, 0.05) is 31.3 Å². The highest BCUT2D eigenvalue weighted by molar-refractivity contribution is 8.26. The third kappa shape index (κ3) is 5.80. The molecule has 3 rings (SSSR count). The second-order valence-corrected chi connectivity index (χ2v) is 7.75. The van der Waals surface area contributed by atoms with Crippen molar-refractivity contribution in [3.05, 3.63) is 59.4 Å². The van der Waals surface area contributed by atoms with E-state index in [2.05, 4.69) is 10.3 Å². The molecule has 0 spiro atoms. The summed E-state index contributed by atoms with van der Waals surface area (Å²) in [6, 6.07) is 10.7. The molecule has 0 bridgehead atoms. The van der Waals surface area contributed by atoms with Crippen LogP contribution >= 0.6 is 11.8 Å². The van der Waals surface area contributed by atoms with Crippen LogP contribution < -0.4 is 10.1 Å². The lowest BCUT2D eigenvalue weighted by Crippen LogP contribution is -2.30. The molecule has 0 aliphatic carbocycles. The van der Waals surface area contributed by atoms with E-state index in [0.717, 1.165) is 16.8 Å². The molecule has 2 atom stereocenters. The van der Waals surface area contributed by atoms with Gasteiger partial charge >= 0.3 is 5.97 Å². The van der Waals surface area contributed by atoms with E-state index in [4.69, 9.17) is 9.47 Å². The highest BCUT2D eigenvalue weighted by Gasteiger charge is 2.31. The van der Waals surface area contributed by atoms with Crippen molar-refractivity contribution in [2.45, 2.75) is 32.2 Å². The Bertz CT molecular complexity index is 900. The molecule has 0 saturated carbocycles. The Morgan fingerprint density at radius 1 is 1.21 bits per heavy atom. The number of carbonyl (C=O) groups is 3. The first-order valence-electron chi connectivity index (χ1n) is 9.21. The average molecular weight is 414 g/mol. The number of hydrogen-bond donors (Lipinski definition) is 1. The number of aromatic nitrogens is 1. The highest BCUT2D eigenvalue weighted by Crippen LogP contribution is 2.22. The summed E-state index contributed by atoms with van der Waals surface area (Å²) in [5.74, 6) is 0.120. The van der Waals surface area contributed by atoms with Gasteiger partial charge in [0.15, 0.2) is 0 Å². The summed E-state index contributed by atoms with van der Waals surface area (Å²) in [7, 11) is 0. The first-order chi connectivity index (χ1) is 13.9. The fraction of sp³-hybridized carbons (Fsp3) is 0.333. The summed E-state index contributed by atoms with van der Waals surface area (Å²) in [5, 5.41) is 2.19. The second kappa shape index (κ2) is 9.56. The summed E-state index contributed by atoms with van der Waals surface area (Å²) in [4.78, 5) is 38.6. The molecule has 1 fully saturated rings. The van der Waals surface area contributed by atoms with Gasteiger partial charge < -0.3 is 14.8 Å². The Hall–Kier alpha value is -2.87. The molecule has 29 heavy (non-hydrogen) atoms.